The van der Waals surface area contributed by atoms with Crippen LogP contribution in [-0.2, 0) is 6.42 Å². The SMILES string of the molecule is Cl.FC(F)(F)C(SC1CNCCc2ccccc21)c1ccccn1. The fourth-order valence-electron chi connectivity index (χ4n) is 2.77. The summed E-state index contributed by atoms with van der Waals surface area (Å²) in [6.07, 6.45) is -2.08. The first-order valence-electron chi connectivity index (χ1n) is 7.47. The average molecular weight is 375 g/mol. The average Bonchev–Trinajstić information content (AvgIpc) is 2.74. The molecule has 1 aromatic heterocycles. The van der Waals surface area contributed by atoms with Crippen LogP contribution in [0.3, 0.4) is 0 Å². The maximum absolute atomic E-state index is 13.6. The number of thioether (sulfide) groups is 1. The third kappa shape index (κ3) is 4.43. The minimum Gasteiger partial charge on any atom is -0.315 e. The summed E-state index contributed by atoms with van der Waals surface area (Å²) in [5.74, 6) is 0. The minimum atomic E-state index is -4.33. The largest absolute Gasteiger partial charge is 0.406 e. The summed E-state index contributed by atoms with van der Waals surface area (Å²) in [7, 11) is 0. The van der Waals surface area contributed by atoms with Gasteiger partial charge in [0.25, 0.3) is 0 Å². The van der Waals surface area contributed by atoms with E-state index in [1.54, 1.807) is 12.1 Å². The Labute approximate surface area is 149 Å². The maximum atomic E-state index is 13.6. The van der Waals surface area contributed by atoms with Crippen LogP contribution in [0.4, 0.5) is 13.2 Å². The number of halogens is 4. The molecule has 0 saturated heterocycles. The van der Waals surface area contributed by atoms with Crippen molar-refractivity contribution in [2.75, 3.05) is 13.1 Å². The summed E-state index contributed by atoms with van der Waals surface area (Å²) in [6, 6.07) is 12.4. The molecule has 1 aromatic carbocycles. The third-order valence-electron chi connectivity index (χ3n) is 3.86. The minimum absolute atomic E-state index is 0. The van der Waals surface area contributed by atoms with E-state index in [2.05, 4.69) is 10.3 Å². The van der Waals surface area contributed by atoms with Gasteiger partial charge in [-0.25, -0.2) is 0 Å². The Morgan fingerprint density at radius 1 is 1.12 bits per heavy atom. The van der Waals surface area contributed by atoms with Gasteiger partial charge in [-0.3, -0.25) is 4.98 Å². The summed E-state index contributed by atoms with van der Waals surface area (Å²) in [6.45, 7) is 1.31. The third-order valence-corrected chi connectivity index (χ3v) is 5.39. The molecule has 0 spiro atoms. The highest BCUT2D eigenvalue weighted by Crippen LogP contribution is 2.49. The summed E-state index contributed by atoms with van der Waals surface area (Å²) < 4.78 is 40.7. The smallest absolute Gasteiger partial charge is 0.315 e. The highest BCUT2D eigenvalue weighted by atomic mass is 35.5. The van der Waals surface area contributed by atoms with Crippen LogP contribution >= 0.6 is 24.2 Å². The maximum Gasteiger partial charge on any atom is 0.406 e. The molecule has 2 heterocycles. The molecule has 0 aliphatic carbocycles. The molecule has 24 heavy (non-hydrogen) atoms. The van der Waals surface area contributed by atoms with Gasteiger partial charge in [0.1, 0.15) is 5.25 Å². The first kappa shape index (κ1) is 19.1. The number of benzene rings is 1. The number of aromatic nitrogens is 1. The van der Waals surface area contributed by atoms with Crippen molar-refractivity contribution in [2.24, 2.45) is 0 Å². The van der Waals surface area contributed by atoms with Crippen molar-refractivity contribution in [1.29, 1.82) is 0 Å². The number of nitrogens with zero attached hydrogens (tertiary/aromatic N) is 1. The van der Waals surface area contributed by atoms with Crippen LogP contribution in [0.5, 0.6) is 0 Å². The first-order valence-corrected chi connectivity index (χ1v) is 8.41. The van der Waals surface area contributed by atoms with E-state index < -0.39 is 11.4 Å². The Bertz CT molecular complexity index is 652. The Balaban J connectivity index is 0.00000208. The van der Waals surface area contributed by atoms with E-state index in [1.807, 2.05) is 24.3 Å². The lowest BCUT2D eigenvalue weighted by Crippen LogP contribution is -2.24. The topological polar surface area (TPSA) is 24.9 Å². The van der Waals surface area contributed by atoms with E-state index in [-0.39, 0.29) is 23.4 Å². The van der Waals surface area contributed by atoms with E-state index >= 15 is 0 Å². The number of rotatable bonds is 3. The normalized spacial score (nSPS) is 18.9. The van der Waals surface area contributed by atoms with Gasteiger partial charge in [0, 0.05) is 18.0 Å². The van der Waals surface area contributed by atoms with E-state index in [0.717, 1.165) is 35.9 Å². The lowest BCUT2D eigenvalue weighted by atomic mass is 10.0. The van der Waals surface area contributed by atoms with E-state index in [1.165, 1.54) is 12.3 Å². The molecule has 2 atom stereocenters. The fraction of sp³-hybridized carbons (Fsp3) is 0.353. The van der Waals surface area contributed by atoms with Crippen LogP contribution in [0.2, 0.25) is 0 Å². The zero-order chi connectivity index (χ0) is 16.3. The molecule has 130 valence electrons. The fourth-order valence-corrected chi connectivity index (χ4v) is 4.13. The second-order valence-electron chi connectivity index (χ2n) is 5.45. The molecule has 1 aliphatic heterocycles. The Morgan fingerprint density at radius 2 is 1.88 bits per heavy atom. The van der Waals surface area contributed by atoms with E-state index in [0.29, 0.717) is 6.54 Å². The highest BCUT2D eigenvalue weighted by Gasteiger charge is 2.44. The molecule has 1 aliphatic rings. The second-order valence-corrected chi connectivity index (χ2v) is 6.77. The molecule has 7 heteroatoms. The van der Waals surface area contributed by atoms with Gasteiger partial charge in [0.15, 0.2) is 0 Å². The summed E-state index contributed by atoms with van der Waals surface area (Å²) >= 11 is 0.932. The number of hydrogen-bond acceptors (Lipinski definition) is 3. The monoisotopic (exact) mass is 374 g/mol. The summed E-state index contributed by atoms with van der Waals surface area (Å²) in [4.78, 5) is 3.93. The molecule has 1 N–H and O–H groups in total. The number of pyridine rings is 1. The van der Waals surface area contributed by atoms with Crippen LogP contribution in [-0.4, -0.2) is 24.2 Å². The van der Waals surface area contributed by atoms with Crippen molar-refractivity contribution in [2.45, 2.75) is 23.1 Å². The van der Waals surface area contributed by atoms with E-state index in [4.69, 9.17) is 0 Å². The lowest BCUT2D eigenvalue weighted by Gasteiger charge is -2.25. The Kier molecular flexibility index (Phi) is 6.54. The predicted octanol–water partition coefficient (Wildman–Crippen LogP) is 4.73. The van der Waals surface area contributed by atoms with Crippen molar-refractivity contribution >= 4 is 24.2 Å². The van der Waals surface area contributed by atoms with Crippen molar-refractivity contribution < 1.29 is 13.2 Å². The molecule has 0 saturated carbocycles. The molecule has 0 fully saturated rings. The van der Waals surface area contributed by atoms with Gasteiger partial charge in [0.05, 0.1) is 5.69 Å². The zero-order valence-electron chi connectivity index (χ0n) is 12.8. The second kappa shape index (κ2) is 8.23. The van der Waals surface area contributed by atoms with Gasteiger partial charge in [-0.15, -0.1) is 24.2 Å². The van der Waals surface area contributed by atoms with Crippen molar-refractivity contribution in [1.82, 2.24) is 10.3 Å². The van der Waals surface area contributed by atoms with Crippen LogP contribution in [0.1, 0.15) is 27.3 Å². The van der Waals surface area contributed by atoms with E-state index in [9.17, 15) is 13.2 Å². The first-order chi connectivity index (χ1) is 11.1. The van der Waals surface area contributed by atoms with Gasteiger partial charge >= 0.3 is 6.18 Å². The Hall–Kier alpha value is -1.24. The van der Waals surface area contributed by atoms with Crippen molar-refractivity contribution in [3.8, 4) is 0 Å². The van der Waals surface area contributed by atoms with Crippen molar-refractivity contribution in [3.05, 3.63) is 65.5 Å². The van der Waals surface area contributed by atoms with Gasteiger partial charge < -0.3 is 5.32 Å². The standard InChI is InChI=1S/C17H17F3N2S.ClH/c18-17(19,20)16(14-7-3-4-9-22-14)23-15-11-21-10-8-12-5-1-2-6-13(12)15;/h1-7,9,15-16,21H,8,10-11H2;1H. The summed E-state index contributed by atoms with van der Waals surface area (Å²) in [5, 5.41) is 1.37. The molecule has 2 nitrogen and oxygen atoms in total. The molecule has 0 amide bonds. The van der Waals surface area contributed by atoms with Crippen LogP contribution in [0.15, 0.2) is 48.7 Å². The molecular formula is C17H18ClF3N2S. The van der Waals surface area contributed by atoms with Gasteiger partial charge in [-0.05, 0) is 36.2 Å². The molecule has 0 bridgehead atoms. The van der Waals surface area contributed by atoms with Gasteiger partial charge in [0.2, 0.25) is 0 Å². The van der Waals surface area contributed by atoms with Crippen LogP contribution in [0, 0.1) is 0 Å². The lowest BCUT2D eigenvalue weighted by molar-refractivity contribution is -0.130. The number of alkyl halides is 3. The van der Waals surface area contributed by atoms with Gasteiger partial charge in [-0.2, -0.15) is 13.2 Å². The summed E-state index contributed by atoms with van der Waals surface area (Å²) in [5.41, 5.74) is 2.18. The van der Waals surface area contributed by atoms with Crippen molar-refractivity contribution in [3.63, 3.8) is 0 Å². The Morgan fingerprint density at radius 3 is 2.58 bits per heavy atom. The molecule has 3 rings (SSSR count). The molecule has 2 unspecified atom stereocenters. The number of nitrogens with one attached hydrogen (secondary N) is 1. The quantitative estimate of drug-likeness (QED) is 0.840. The molecular weight excluding hydrogens is 357 g/mol. The molecule has 0 radical (unpaired) electrons. The van der Waals surface area contributed by atoms with Crippen LogP contribution < -0.4 is 5.32 Å². The highest BCUT2D eigenvalue weighted by molar-refractivity contribution is 7.99. The molecule has 2 aromatic rings. The number of hydrogen-bond donors (Lipinski definition) is 1. The number of fused-ring (bicyclic) bond motifs is 1. The van der Waals surface area contributed by atoms with Gasteiger partial charge in [-0.1, -0.05) is 30.3 Å². The zero-order valence-corrected chi connectivity index (χ0v) is 14.4. The van der Waals surface area contributed by atoms with Crippen LogP contribution in [0.25, 0.3) is 0 Å². The predicted molar refractivity (Wildman–Crippen MR) is 93.6 cm³/mol.